The van der Waals surface area contributed by atoms with E-state index in [2.05, 4.69) is 11.8 Å². The summed E-state index contributed by atoms with van der Waals surface area (Å²) in [7, 11) is 5.57. The van der Waals surface area contributed by atoms with Gasteiger partial charge in [-0.15, -0.1) is 0 Å². The van der Waals surface area contributed by atoms with Crippen LogP contribution in [0.3, 0.4) is 0 Å². The van der Waals surface area contributed by atoms with E-state index in [1.54, 1.807) is 11.9 Å². The van der Waals surface area contributed by atoms with Crippen molar-refractivity contribution in [3.8, 4) is 11.8 Å². The number of hydrogen-bond donors (Lipinski definition) is 1. The minimum Gasteiger partial charge on any atom is -0.340 e. The second kappa shape index (κ2) is 7.57. The number of nitrogens with two attached hydrogens (primary N) is 1. The van der Waals surface area contributed by atoms with E-state index in [0.29, 0.717) is 19.6 Å². The number of rotatable bonds is 4. The first-order valence-electron chi connectivity index (χ1n) is 6.20. The Morgan fingerprint density at radius 1 is 1.26 bits per heavy atom. The third kappa shape index (κ3) is 5.12. The van der Waals surface area contributed by atoms with Gasteiger partial charge in [0, 0.05) is 19.2 Å². The monoisotopic (exact) mass is 259 g/mol. The number of likely N-dealkylation sites (N-methyl/N-ethyl adjacent to an activating group) is 2. The SMILES string of the molecule is CN(C)CC(=O)N(C)Cc1ccccc1C#CCN. The smallest absolute Gasteiger partial charge is 0.236 e. The third-order valence-electron chi connectivity index (χ3n) is 2.63. The highest BCUT2D eigenvalue weighted by Gasteiger charge is 2.11. The first-order valence-corrected chi connectivity index (χ1v) is 6.20. The molecule has 0 radical (unpaired) electrons. The molecule has 0 aliphatic rings. The van der Waals surface area contributed by atoms with Crippen LogP contribution in [0, 0.1) is 11.8 Å². The number of nitrogens with zero attached hydrogens (tertiary/aromatic N) is 2. The van der Waals surface area contributed by atoms with Crippen molar-refractivity contribution in [2.24, 2.45) is 5.73 Å². The van der Waals surface area contributed by atoms with Gasteiger partial charge in [-0.05, 0) is 25.7 Å². The summed E-state index contributed by atoms with van der Waals surface area (Å²) >= 11 is 0. The molecule has 2 N–H and O–H groups in total. The summed E-state index contributed by atoms with van der Waals surface area (Å²) in [6.45, 7) is 1.30. The zero-order valence-electron chi connectivity index (χ0n) is 11.8. The molecule has 0 unspecified atom stereocenters. The fourth-order valence-electron chi connectivity index (χ4n) is 1.66. The molecular weight excluding hydrogens is 238 g/mol. The topological polar surface area (TPSA) is 49.6 Å². The third-order valence-corrected chi connectivity index (χ3v) is 2.63. The zero-order valence-corrected chi connectivity index (χ0v) is 11.8. The summed E-state index contributed by atoms with van der Waals surface area (Å²) in [5.74, 6) is 5.97. The van der Waals surface area contributed by atoms with Crippen LogP contribution in [0.25, 0.3) is 0 Å². The Hall–Kier alpha value is -1.83. The van der Waals surface area contributed by atoms with Gasteiger partial charge in [-0.2, -0.15) is 0 Å². The molecular formula is C15H21N3O. The van der Waals surface area contributed by atoms with E-state index in [1.165, 1.54) is 0 Å². The molecule has 1 aromatic rings. The predicted octanol–water partition coefficient (Wildman–Crippen LogP) is 0.517. The van der Waals surface area contributed by atoms with Crippen LogP contribution < -0.4 is 5.73 Å². The minimum absolute atomic E-state index is 0.0894. The van der Waals surface area contributed by atoms with E-state index in [9.17, 15) is 4.79 Å². The maximum atomic E-state index is 11.9. The minimum atomic E-state index is 0.0894. The zero-order chi connectivity index (χ0) is 14.3. The molecule has 19 heavy (non-hydrogen) atoms. The maximum absolute atomic E-state index is 11.9. The summed E-state index contributed by atoms with van der Waals surface area (Å²) in [4.78, 5) is 15.5. The Morgan fingerprint density at radius 2 is 1.95 bits per heavy atom. The number of carbonyl (C=O) groups is 1. The van der Waals surface area contributed by atoms with Crippen LogP contribution in [0.15, 0.2) is 24.3 Å². The predicted molar refractivity (Wildman–Crippen MR) is 77.4 cm³/mol. The second-order valence-corrected chi connectivity index (χ2v) is 4.65. The number of benzene rings is 1. The molecule has 0 spiro atoms. The summed E-state index contributed by atoms with van der Waals surface area (Å²) in [5.41, 5.74) is 7.36. The van der Waals surface area contributed by atoms with Crippen LogP contribution >= 0.6 is 0 Å². The fraction of sp³-hybridized carbons (Fsp3) is 0.400. The lowest BCUT2D eigenvalue weighted by molar-refractivity contribution is -0.131. The van der Waals surface area contributed by atoms with E-state index in [-0.39, 0.29) is 5.91 Å². The largest absolute Gasteiger partial charge is 0.340 e. The van der Waals surface area contributed by atoms with Gasteiger partial charge in [0.25, 0.3) is 0 Å². The van der Waals surface area contributed by atoms with Gasteiger partial charge in [0.1, 0.15) is 0 Å². The molecule has 1 amide bonds. The normalized spacial score (nSPS) is 9.95. The van der Waals surface area contributed by atoms with Crippen LogP contribution in [0.2, 0.25) is 0 Å². The van der Waals surface area contributed by atoms with Crippen molar-refractivity contribution < 1.29 is 4.79 Å². The molecule has 0 heterocycles. The van der Waals surface area contributed by atoms with Crippen molar-refractivity contribution in [3.05, 3.63) is 35.4 Å². The molecule has 0 aromatic heterocycles. The Bertz CT molecular complexity index is 486. The van der Waals surface area contributed by atoms with Gasteiger partial charge < -0.3 is 15.5 Å². The summed E-state index contributed by atoms with van der Waals surface area (Å²) in [5, 5.41) is 0. The Balaban J connectivity index is 2.79. The van der Waals surface area contributed by atoms with Crippen LogP contribution in [-0.4, -0.2) is 49.9 Å². The van der Waals surface area contributed by atoms with Crippen LogP contribution in [0.4, 0.5) is 0 Å². The molecule has 102 valence electrons. The summed E-state index contributed by atoms with van der Waals surface area (Å²) < 4.78 is 0. The maximum Gasteiger partial charge on any atom is 0.236 e. The van der Waals surface area contributed by atoms with Crippen molar-refractivity contribution in [1.29, 1.82) is 0 Å². The van der Waals surface area contributed by atoms with E-state index in [1.807, 2.05) is 43.3 Å². The molecule has 0 bridgehead atoms. The quantitative estimate of drug-likeness (QED) is 0.802. The van der Waals surface area contributed by atoms with Gasteiger partial charge in [0.15, 0.2) is 0 Å². The van der Waals surface area contributed by atoms with Crippen molar-refractivity contribution in [3.63, 3.8) is 0 Å². The summed E-state index contributed by atoms with van der Waals surface area (Å²) in [6.07, 6.45) is 0. The van der Waals surface area contributed by atoms with Gasteiger partial charge in [0.05, 0.1) is 13.1 Å². The average Bonchev–Trinajstić information content (AvgIpc) is 2.36. The fourth-order valence-corrected chi connectivity index (χ4v) is 1.66. The molecule has 0 atom stereocenters. The number of carbonyl (C=O) groups excluding carboxylic acids is 1. The highest BCUT2D eigenvalue weighted by molar-refractivity contribution is 5.78. The van der Waals surface area contributed by atoms with Gasteiger partial charge in [0.2, 0.25) is 5.91 Å². The Kier molecular flexibility index (Phi) is 6.07. The lowest BCUT2D eigenvalue weighted by Crippen LogP contribution is -2.34. The van der Waals surface area contributed by atoms with Crippen molar-refractivity contribution in [2.45, 2.75) is 6.54 Å². The number of amides is 1. The average molecular weight is 259 g/mol. The van der Waals surface area contributed by atoms with E-state index in [0.717, 1.165) is 11.1 Å². The molecule has 0 fully saturated rings. The van der Waals surface area contributed by atoms with Gasteiger partial charge in [-0.1, -0.05) is 30.0 Å². The lowest BCUT2D eigenvalue weighted by Gasteiger charge is -2.20. The van der Waals surface area contributed by atoms with Crippen molar-refractivity contribution in [1.82, 2.24) is 9.80 Å². The highest BCUT2D eigenvalue weighted by Crippen LogP contribution is 2.10. The van der Waals surface area contributed by atoms with E-state index in [4.69, 9.17) is 5.73 Å². The van der Waals surface area contributed by atoms with Crippen LogP contribution in [-0.2, 0) is 11.3 Å². The lowest BCUT2D eigenvalue weighted by atomic mass is 10.1. The number of hydrogen-bond acceptors (Lipinski definition) is 3. The van der Waals surface area contributed by atoms with E-state index >= 15 is 0 Å². The first kappa shape index (κ1) is 15.2. The van der Waals surface area contributed by atoms with E-state index < -0.39 is 0 Å². The molecule has 4 nitrogen and oxygen atoms in total. The standard InChI is InChI=1S/C15H21N3O/c1-17(2)12-15(19)18(3)11-14-8-5-4-7-13(14)9-6-10-16/h4-5,7-8H,10-12,16H2,1-3H3. The van der Waals surface area contributed by atoms with Crippen LogP contribution in [0.1, 0.15) is 11.1 Å². The first-order chi connectivity index (χ1) is 9.04. The molecule has 0 aliphatic carbocycles. The van der Waals surface area contributed by atoms with Crippen molar-refractivity contribution in [2.75, 3.05) is 34.2 Å². The summed E-state index contributed by atoms with van der Waals surface area (Å²) in [6, 6.07) is 7.82. The second-order valence-electron chi connectivity index (χ2n) is 4.65. The van der Waals surface area contributed by atoms with Gasteiger partial charge in [-0.3, -0.25) is 4.79 Å². The molecule has 0 aliphatic heterocycles. The molecule has 1 aromatic carbocycles. The highest BCUT2D eigenvalue weighted by atomic mass is 16.2. The van der Waals surface area contributed by atoms with Gasteiger partial charge >= 0.3 is 0 Å². The molecule has 4 heteroatoms. The Morgan fingerprint density at radius 3 is 2.58 bits per heavy atom. The van der Waals surface area contributed by atoms with Crippen LogP contribution in [0.5, 0.6) is 0 Å². The van der Waals surface area contributed by atoms with Gasteiger partial charge in [-0.25, -0.2) is 0 Å². The van der Waals surface area contributed by atoms with Crippen molar-refractivity contribution >= 4 is 5.91 Å². The Labute approximate surface area is 115 Å². The molecule has 1 rings (SSSR count). The molecule has 0 saturated carbocycles. The molecule has 0 saturated heterocycles.